The zero-order valence-corrected chi connectivity index (χ0v) is 6.31. The van der Waals surface area contributed by atoms with Crippen LogP contribution in [0.15, 0.2) is 11.5 Å². The van der Waals surface area contributed by atoms with E-state index in [1.807, 2.05) is 23.8 Å². The lowest BCUT2D eigenvalue weighted by atomic mass is 10.8. The quantitative estimate of drug-likeness (QED) is 0.430. The lowest BCUT2D eigenvalue weighted by Crippen LogP contribution is -1.51. The fourth-order valence-corrected chi connectivity index (χ4v) is 1.47. The van der Waals surface area contributed by atoms with Gasteiger partial charge >= 0.3 is 0 Å². The van der Waals surface area contributed by atoms with Crippen LogP contribution >= 0.6 is 21.6 Å². The van der Waals surface area contributed by atoms with Crippen molar-refractivity contribution in [1.29, 1.82) is 0 Å². The second kappa shape index (κ2) is 6.44. The van der Waals surface area contributed by atoms with E-state index in [1.165, 1.54) is 5.75 Å². The Morgan fingerprint density at radius 2 is 2.29 bits per heavy atom. The number of hydrogen-bond acceptors (Lipinski definition) is 2. The Morgan fingerprint density at radius 1 is 1.57 bits per heavy atom. The Hall–Kier alpha value is 0.440. The molecule has 0 aliphatic carbocycles. The van der Waals surface area contributed by atoms with E-state index in [4.69, 9.17) is 0 Å². The van der Waals surface area contributed by atoms with E-state index < -0.39 is 0 Å². The zero-order valence-electron chi connectivity index (χ0n) is 4.68. The van der Waals surface area contributed by atoms with E-state index in [-0.39, 0.29) is 0 Å². The van der Waals surface area contributed by atoms with Crippen molar-refractivity contribution >= 4 is 21.6 Å². The van der Waals surface area contributed by atoms with Crippen molar-refractivity contribution in [2.24, 2.45) is 0 Å². The summed E-state index contributed by atoms with van der Waals surface area (Å²) in [5.41, 5.74) is 0. The molecule has 0 aliphatic heterocycles. The lowest BCUT2D eigenvalue weighted by molar-refractivity contribution is 1.54. The minimum atomic E-state index is 1.19. The van der Waals surface area contributed by atoms with Gasteiger partial charge in [0, 0.05) is 5.75 Å². The fourth-order valence-electron chi connectivity index (χ4n) is 0.163. The molecule has 0 radical (unpaired) electrons. The monoisotopic (exact) mass is 134 g/mol. The van der Waals surface area contributed by atoms with Gasteiger partial charge in [-0.15, -0.1) is 0 Å². The molecular weight excluding hydrogens is 124 g/mol. The van der Waals surface area contributed by atoms with Crippen LogP contribution in [-0.2, 0) is 0 Å². The summed E-state index contributed by atoms with van der Waals surface area (Å²) in [4.78, 5) is 0. The smallest absolute Gasteiger partial charge is 0.00117 e. The van der Waals surface area contributed by atoms with Gasteiger partial charge in [0.05, 0.1) is 0 Å². The molecule has 0 saturated carbocycles. The van der Waals surface area contributed by atoms with Crippen molar-refractivity contribution in [2.75, 3.05) is 5.75 Å². The van der Waals surface area contributed by atoms with Gasteiger partial charge in [0.1, 0.15) is 0 Å². The average molecular weight is 134 g/mol. The van der Waals surface area contributed by atoms with Gasteiger partial charge < -0.3 is 0 Å². The van der Waals surface area contributed by atoms with Gasteiger partial charge in [0.25, 0.3) is 0 Å². The SMILES string of the molecule is C/C=C/SSCC. The number of rotatable bonds is 3. The molecule has 0 heterocycles. The van der Waals surface area contributed by atoms with E-state index in [0.29, 0.717) is 0 Å². The predicted molar refractivity (Wildman–Crippen MR) is 40.5 cm³/mol. The Balaban J connectivity index is 2.69. The summed E-state index contributed by atoms with van der Waals surface area (Å²) in [7, 11) is 3.65. The molecule has 0 unspecified atom stereocenters. The second-order valence-electron chi connectivity index (χ2n) is 0.972. The van der Waals surface area contributed by atoms with Crippen LogP contribution in [0.3, 0.4) is 0 Å². The van der Waals surface area contributed by atoms with Crippen LogP contribution < -0.4 is 0 Å². The van der Waals surface area contributed by atoms with Gasteiger partial charge in [-0.25, -0.2) is 0 Å². The van der Waals surface area contributed by atoms with Gasteiger partial charge in [-0.05, 0) is 12.3 Å². The van der Waals surface area contributed by atoms with Crippen molar-refractivity contribution in [3.8, 4) is 0 Å². The third-order valence-electron chi connectivity index (χ3n) is 0.378. The molecule has 0 nitrogen and oxygen atoms in total. The molecule has 0 bridgehead atoms. The molecule has 7 heavy (non-hydrogen) atoms. The van der Waals surface area contributed by atoms with Crippen LogP contribution in [0.2, 0.25) is 0 Å². The first-order valence-electron chi connectivity index (χ1n) is 2.31. The third kappa shape index (κ3) is 6.44. The highest BCUT2D eigenvalue weighted by Gasteiger charge is 1.73. The summed E-state index contributed by atoms with van der Waals surface area (Å²) in [6.45, 7) is 4.18. The molecule has 0 aromatic heterocycles. The summed E-state index contributed by atoms with van der Waals surface area (Å²) in [6, 6.07) is 0. The van der Waals surface area contributed by atoms with E-state index in [1.54, 1.807) is 10.8 Å². The molecule has 0 aromatic rings. The number of hydrogen-bond donors (Lipinski definition) is 0. The molecule has 0 rings (SSSR count). The minimum Gasteiger partial charge on any atom is -0.0899 e. The highest BCUT2D eigenvalue weighted by molar-refractivity contribution is 8.77. The van der Waals surface area contributed by atoms with Crippen molar-refractivity contribution in [1.82, 2.24) is 0 Å². The maximum absolute atomic E-state index is 2.15. The lowest BCUT2D eigenvalue weighted by Gasteiger charge is -1.83. The van der Waals surface area contributed by atoms with E-state index >= 15 is 0 Å². The molecule has 0 aliphatic rings. The van der Waals surface area contributed by atoms with Crippen LogP contribution in [0.25, 0.3) is 0 Å². The Bertz CT molecular complexity index is 50.0. The third-order valence-corrected chi connectivity index (χ3v) is 2.58. The summed E-state index contributed by atoms with van der Waals surface area (Å²) in [6.07, 6.45) is 2.05. The second-order valence-corrected chi connectivity index (χ2v) is 3.53. The normalized spacial score (nSPS) is 10.6. The molecule has 2 heteroatoms. The van der Waals surface area contributed by atoms with Gasteiger partial charge in [0.15, 0.2) is 0 Å². The van der Waals surface area contributed by atoms with Gasteiger partial charge in [-0.2, -0.15) is 0 Å². The zero-order chi connectivity index (χ0) is 5.54. The summed E-state index contributed by atoms with van der Waals surface area (Å²) >= 11 is 0. The highest BCUT2D eigenvalue weighted by atomic mass is 33.1. The van der Waals surface area contributed by atoms with Crippen molar-refractivity contribution in [2.45, 2.75) is 13.8 Å². The number of allylic oxidation sites excluding steroid dienone is 1. The maximum Gasteiger partial charge on any atom is 0.00117 e. The standard InChI is InChI=1S/C5H10S2/c1-3-5-7-6-4-2/h3,5H,4H2,1-2H3/b5-3+. The summed E-state index contributed by atoms with van der Waals surface area (Å²) in [5, 5.41) is 2.09. The molecule has 0 amide bonds. The Kier molecular flexibility index (Phi) is 6.84. The minimum absolute atomic E-state index is 1.19. The van der Waals surface area contributed by atoms with E-state index in [0.717, 1.165) is 0 Å². The molecule has 0 aromatic carbocycles. The molecular formula is C5H10S2. The van der Waals surface area contributed by atoms with Crippen LogP contribution in [0.1, 0.15) is 13.8 Å². The van der Waals surface area contributed by atoms with E-state index in [2.05, 4.69) is 12.3 Å². The molecule has 0 spiro atoms. The predicted octanol–water partition coefficient (Wildman–Crippen LogP) is 2.92. The highest BCUT2D eigenvalue weighted by Crippen LogP contribution is 2.20. The average Bonchev–Trinajstić information content (AvgIpc) is 1.69. The van der Waals surface area contributed by atoms with E-state index in [9.17, 15) is 0 Å². The summed E-state index contributed by atoms with van der Waals surface area (Å²) < 4.78 is 0. The van der Waals surface area contributed by atoms with Crippen molar-refractivity contribution in [3.05, 3.63) is 11.5 Å². The molecule has 0 saturated heterocycles. The topological polar surface area (TPSA) is 0 Å². The Morgan fingerprint density at radius 3 is 2.71 bits per heavy atom. The first kappa shape index (κ1) is 7.44. The van der Waals surface area contributed by atoms with Crippen molar-refractivity contribution < 1.29 is 0 Å². The van der Waals surface area contributed by atoms with Crippen LogP contribution in [0.4, 0.5) is 0 Å². The van der Waals surface area contributed by atoms with Crippen LogP contribution in [0, 0.1) is 0 Å². The molecule has 0 atom stereocenters. The fraction of sp³-hybridized carbons (Fsp3) is 0.600. The van der Waals surface area contributed by atoms with Gasteiger partial charge in [-0.1, -0.05) is 34.6 Å². The van der Waals surface area contributed by atoms with Crippen LogP contribution in [-0.4, -0.2) is 5.75 Å². The Labute approximate surface area is 53.2 Å². The van der Waals surface area contributed by atoms with Gasteiger partial charge in [0.2, 0.25) is 0 Å². The molecule has 0 fully saturated rings. The van der Waals surface area contributed by atoms with Crippen LogP contribution in [0.5, 0.6) is 0 Å². The molecule has 42 valence electrons. The summed E-state index contributed by atoms with van der Waals surface area (Å²) in [5.74, 6) is 1.19. The van der Waals surface area contributed by atoms with Crippen molar-refractivity contribution in [3.63, 3.8) is 0 Å². The first-order chi connectivity index (χ1) is 3.41. The first-order valence-corrected chi connectivity index (χ1v) is 4.69. The largest absolute Gasteiger partial charge is 0.0899 e. The molecule has 0 N–H and O–H groups in total. The van der Waals surface area contributed by atoms with Gasteiger partial charge in [-0.3, -0.25) is 0 Å². The maximum atomic E-state index is 2.15.